The first kappa shape index (κ1) is 18.0. The molecule has 1 unspecified atom stereocenters. The predicted molar refractivity (Wildman–Crippen MR) is 95.3 cm³/mol. The van der Waals surface area contributed by atoms with Gasteiger partial charge in [-0.25, -0.2) is 4.79 Å². The summed E-state index contributed by atoms with van der Waals surface area (Å²) in [6.07, 6.45) is 8.61. The predicted octanol–water partition coefficient (Wildman–Crippen LogP) is 1.41. The lowest BCUT2D eigenvalue weighted by molar-refractivity contribution is 0.0161. The normalized spacial score (nSPS) is 28.6. The molecule has 3 heterocycles. The van der Waals surface area contributed by atoms with Gasteiger partial charge in [-0.3, -0.25) is 4.90 Å². The zero-order valence-corrected chi connectivity index (χ0v) is 15.2. The van der Waals surface area contributed by atoms with Crippen molar-refractivity contribution in [3.05, 3.63) is 0 Å². The van der Waals surface area contributed by atoms with E-state index in [4.69, 9.17) is 4.74 Å². The third-order valence-corrected chi connectivity index (χ3v) is 6.04. The molecular formula is C18H34N4O2. The van der Waals surface area contributed by atoms with Gasteiger partial charge in [-0.2, -0.15) is 0 Å². The van der Waals surface area contributed by atoms with Crippen LogP contribution in [0, 0.1) is 0 Å². The SMILES string of the molecule is CN1CCC(CNC(=O)NCC2CCCO2)(N2CCCCC2)CC1. The topological polar surface area (TPSA) is 56.8 Å². The first-order valence-corrected chi connectivity index (χ1v) is 9.75. The molecule has 3 rings (SSSR count). The molecule has 3 aliphatic rings. The Morgan fingerprint density at radius 2 is 1.83 bits per heavy atom. The second kappa shape index (κ2) is 8.50. The van der Waals surface area contributed by atoms with Crippen LogP contribution in [0.15, 0.2) is 0 Å². The Kier molecular flexibility index (Phi) is 6.36. The molecule has 0 aromatic rings. The minimum Gasteiger partial charge on any atom is -0.376 e. The molecule has 0 spiro atoms. The maximum atomic E-state index is 12.2. The van der Waals surface area contributed by atoms with Gasteiger partial charge in [-0.05, 0) is 71.8 Å². The monoisotopic (exact) mass is 338 g/mol. The summed E-state index contributed by atoms with van der Waals surface area (Å²) in [5.41, 5.74) is 0.147. The van der Waals surface area contributed by atoms with E-state index in [0.717, 1.165) is 51.9 Å². The van der Waals surface area contributed by atoms with Gasteiger partial charge in [0.05, 0.1) is 6.10 Å². The Morgan fingerprint density at radius 3 is 2.50 bits per heavy atom. The fourth-order valence-corrected chi connectivity index (χ4v) is 4.33. The van der Waals surface area contributed by atoms with E-state index in [1.165, 1.54) is 32.4 Å². The van der Waals surface area contributed by atoms with Gasteiger partial charge in [0.15, 0.2) is 0 Å². The summed E-state index contributed by atoms with van der Waals surface area (Å²) in [7, 11) is 2.20. The van der Waals surface area contributed by atoms with Crippen LogP contribution in [0.2, 0.25) is 0 Å². The highest BCUT2D eigenvalue weighted by molar-refractivity contribution is 5.73. The molecule has 6 nitrogen and oxygen atoms in total. The Hall–Kier alpha value is -0.850. The first-order chi connectivity index (χ1) is 11.7. The molecule has 3 fully saturated rings. The van der Waals surface area contributed by atoms with Crippen molar-refractivity contribution < 1.29 is 9.53 Å². The number of rotatable bonds is 5. The lowest BCUT2D eigenvalue weighted by atomic mass is 9.84. The van der Waals surface area contributed by atoms with Crippen molar-refractivity contribution in [2.24, 2.45) is 0 Å². The van der Waals surface area contributed by atoms with Crippen molar-refractivity contribution in [3.8, 4) is 0 Å². The number of piperidine rings is 2. The molecule has 2 N–H and O–H groups in total. The molecule has 0 saturated carbocycles. The molecule has 2 amide bonds. The zero-order chi connectivity index (χ0) is 16.8. The lowest BCUT2D eigenvalue weighted by Gasteiger charge is -2.50. The molecule has 0 aromatic carbocycles. The van der Waals surface area contributed by atoms with E-state index in [0.29, 0.717) is 6.54 Å². The molecular weight excluding hydrogens is 304 g/mol. The molecule has 138 valence electrons. The summed E-state index contributed by atoms with van der Waals surface area (Å²) >= 11 is 0. The molecule has 6 heteroatoms. The Labute approximate surface area is 146 Å². The number of nitrogens with one attached hydrogen (secondary N) is 2. The van der Waals surface area contributed by atoms with Crippen LogP contribution < -0.4 is 10.6 Å². The van der Waals surface area contributed by atoms with Gasteiger partial charge in [0, 0.05) is 25.2 Å². The third kappa shape index (κ3) is 4.61. The molecule has 0 aliphatic carbocycles. The van der Waals surface area contributed by atoms with E-state index < -0.39 is 0 Å². The van der Waals surface area contributed by atoms with Crippen LogP contribution in [-0.2, 0) is 4.74 Å². The van der Waals surface area contributed by atoms with Crippen LogP contribution >= 0.6 is 0 Å². The summed E-state index contributed by atoms with van der Waals surface area (Å²) in [4.78, 5) is 17.3. The van der Waals surface area contributed by atoms with Crippen molar-refractivity contribution >= 4 is 6.03 Å². The van der Waals surface area contributed by atoms with Crippen molar-refractivity contribution in [2.75, 3.05) is 52.9 Å². The first-order valence-electron chi connectivity index (χ1n) is 9.75. The van der Waals surface area contributed by atoms with E-state index in [-0.39, 0.29) is 17.7 Å². The Bertz CT molecular complexity index is 398. The average molecular weight is 338 g/mol. The van der Waals surface area contributed by atoms with Crippen LogP contribution in [-0.4, -0.2) is 80.4 Å². The fraction of sp³-hybridized carbons (Fsp3) is 0.944. The summed E-state index contributed by atoms with van der Waals surface area (Å²) in [5.74, 6) is 0. The third-order valence-electron chi connectivity index (χ3n) is 6.04. The van der Waals surface area contributed by atoms with Gasteiger partial charge in [0.2, 0.25) is 0 Å². The van der Waals surface area contributed by atoms with Crippen LogP contribution in [0.5, 0.6) is 0 Å². The van der Waals surface area contributed by atoms with Gasteiger partial charge in [0.1, 0.15) is 0 Å². The number of nitrogens with zero attached hydrogens (tertiary/aromatic N) is 2. The molecule has 3 aliphatic heterocycles. The second-order valence-corrected chi connectivity index (χ2v) is 7.77. The van der Waals surface area contributed by atoms with E-state index in [9.17, 15) is 4.79 Å². The number of amides is 2. The fourth-order valence-electron chi connectivity index (χ4n) is 4.33. The molecule has 0 aromatic heterocycles. The molecule has 0 radical (unpaired) electrons. The number of carbonyl (C=O) groups is 1. The number of hydrogen-bond acceptors (Lipinski definition) is 4. The highest BCUT2D eigenvalue weighted by Gasteiger charge is 2.39. The Balaban J connectivity index is 1.50. The minimum absolute atomic E-state index is 0.0409. The highest BCUT2D eigenvalue weighted by Crippen LogP contribution is 2.30. The summed E-state index contributed by atoms with van der Waals surface area (Å²) in [6.45, 7) is 6.83. The van der Waals surface area contributed by atoms with Gasteiger partial charge in [-0.1, -0.05) is 6.42 Å². The second-order valence-electron chi connectivity index (χ2n) is 7.77. The molecule has 1 atom stereocenters. The molecule has 3 saturated heterocycles. The van der Waals surface area contributed by atoms with E-state index in [2.05, 4.69) is 27.5 Å². The van der Waals surface area contributed by atoms with Gasteiger partial charge in [-0.15, -0.1) is 0 Å². The maximum absolute atomic E-state index is 12.2. The minimum atomic E-state index is -0.0409. The van der Waals surface area contributed by atoms with Crippen molar-refractivity contribution in [1.29, 1.82) is 0 Å². The van der Waals surface area contributed by atoms with Crippen LogP contribution in [0.25, 0.3) is 0 Å². The average Bonchev–Trinajstić information content (AvgIpc) is 3.14. The highest BCUT2D eigenvalue weighted by atomic mass is 16.5. The van der Waals surface area contributed by atoms with Crippen molar-refractivity contribution in [2.45, 2.75) is 56.6 Å². The van der Waals surface area contributed by atoms with E-state index >= 15 is 0 Å². The summed E-state index contributed by atoms with van der Waals surface area (Å²) in [5, 5.41) is 6.15. The van der Waals surface area contributed by atoms with Crippen molar-refractivity contribution in [3.63, 3.8) is 0 Å². The number of hydrogen-bond donors (Lipinski definition) is 2. The largest absolute Gasteiger partial charge is 0.376 e. The van der Waals surface area contributed by atoms with Crippen molar-refractivity contribution in [1.82, 2.24) is 20.4 Å². The maximum Gasteiger partial charge on any atom is 0.314 e. The van der Waals surface area contributed by atoms with Gasteiger partial charge < -0.3 is 20.3 Å². The molecule has 24 heavy (non-hydrogen) atoms. The Morgan fingerprint density at radius 1 is 1.08 bits per heavy atom. The van der Waals surface area contributed by atoms with E-state index in [1.54, 1.807) is 0 Å². The quantitative estimate of drug-likeness (QED) is 0.796. The molecule has 0 bridgehead atoms. The number of carbonyl (C=O) groups excluding carboxylic acids is 1. The van der Waals surface area contributed by atoms with Crippen LogP contribution in [0.3, 0.4) is 0 Å². The van der Waals surface area contributed by atoms with E-state index in [1.807, 2.05) is 0 Å². The number of urea groups is 1. The number of likely N-dealkylation sites (tertiary alicyclic amines) is 2. The number of ether oxygens (including phenoxy) is 1. The van der Waals surface area contributed by atoms with Gasteiger partial charge >= 0.3 is 6.03 Å². The van der Waals surface area contributed by atoms with Gasteiger partial charge in [0.25, 0.3) is 0 Å². The smallest absolute Gasteiger partial charge is 0.314 e. The zero-order valence-electron chi connectivity index (χ0n) is 15.2. The lowest BCUT2D eigenvalue weighted by Crippen LogP contribution is -2.62. The summed E-state index contributed by atoms with van der Waals surface area (Å²) in [6, 6.07) is -0.0409. The summed E-state index contributed by atoms with van der Waals surface area (Å²) < 4.78 is 5.57. The van der Waals surface area contributed by atoms with Crippen LogP contribution in [0.1, 0.15) is 44.9 Å². The standard InChI is InChI=1S/C18H34N4O2/c1-21-11-7-18(8-12-21,22-9-3-2-4-10-22)15-20-17(23)19-14-16-6-5-13-24-16/h16H,2-15H2,1H3,(H2,19,20,23). The van der Waals surface area contributed by atoms with Crippen LogP contribution in [0.4, 0.5) is 4.79 Å².